The van der Waals surface area contributed by atoms with Crippen molar-refractivity contribution in [2.75, 3.05) is 11.9 Å². The number of rotatable bonds is 5. The number of alkyl halides is 3. The molecule has 0 amide bonds. The zero-order valence-electron chi connectivity index (χ0n) is 9.97. The summed E-state index contributed by atoms with van der Waals surface area (Å²) in [5.74, 6) is 0.529. The lowest BCUT2D eigenvalue weighted by molar-refractivity contribution is -0.153. The maximum atomic E-state index is 11.9. The molecular weight excluding hydrogens is 245 g/mol. The van der Waals surface area contributed by atoms with Crippen LogP contribution >= 0.6 is 0 Å². The Bertz CT molecular complexity index is 387. The van der Waals surface area contributed by atoms with E-state index in [1.165, 1.54) is 12.1 Å². The second kappa shape index (κ2) is 6.28. The van der Waals surface area contributed by atoms with E-state index >= 15 is 0 Å². The number of nitrogens with one attached hydrogen (secondary N) is 2. The molecule has 0 aromatic heterocycles. The van der Waals surface area contributed by atoms with Gasteiger partial charge in [-0.1, -0.05) is 6.92 Å². The fourth-order valence-corrected chi connectivity index (χ4v) is 1.29. The SMILES string of the molecule is CCCC(=N)Nc1ccc(OCC(F)(F)F)cc1. The summed E-state index contributed by atoms with van der Waals surface area (Å²) in [6.45, 7) is 0.662. The van der Waals surface area contributed by atoms with E-state index in [0.717, 1.165) is 6.42 Å². The van der Waals surface area contributed by atoms with Crippen LogP contribution in [-0.2, 0) is 0 Å². The molecule has 1 aromatic rings. The summed E-state index contributed by atoms with van der Waals surface area (Å²) in [5, 5.41) is 10.4. The predicted octanol–water partition coefficient (Wildman–Crippen LogP) is 3.82. The zero-order valence-corrected chi connectivity index (χ0v) is 9.97. The van der Waals surface area contributed by atoms with Gasteiger partial charge < -0.3 is 10.1 Å². The smallest absolute Gasteiger partial charge is 0.422 e. The molecule has 0 aliphatic heterocycles. The number of amidine groups is 1. The molecule has 0 fully saturated rings. The van der Waals surface area contributed by atoms with Crippen molar-refractivity contribution < 1.29 is 17.9 Å². The highest BCUT2D eigenvalue weighted by atomic mass is 19.4. The van der Waals surface area contributed by atoms with Gasteiger partial charge in [-0.25, -0.2) is 0 Å². The fourth-order valence-electron chi connectivity index (χ4n) is 1.29. The summed E-state index contributed by atoms with van der Waals surface area (Å²) in [4.78, 5) is 0. The molecule has 2 N–H and O–H groups in total. The standard InChI is InChI=1S/C12H15F3N2O/c1-2-3-11(16)17-9-4-6-10(7-5-9)18-8-12(13,14)15/h4-7H,2-3,8H2,1H3,(H2,16,17). The third-order valence-corrected chi connectivity index (χ3v) is 2.05. The fraction of sp³-hybridized carbons (Fsp3) is 0.417. The van der Waals surface area contributed by atoms with Crippen LogP contribution in [0.25, 0.3) is 0 Å². The molecule has 3 nitrogen and oxygen atoms in total. The molecular formula is C12H15F3N2O. The van der Waals surface area contributed by atoms with Crippen LogP contribution < -0.4 is 10.1 Å². The Morgan fingerprint density at radius 2 is 1.89 bits per heavy atom. The van der Waals surface area contributed by atoms with Gasteiger partial charge in [0.05, 0.1) is 5.84 Å². The molecule has 0 aliphatic rings. The van der Waals surface area contributed by atoms with Crippen molar-refractivity contribution >= 4 is 11.5 Å². The van der Waals surface area contributed by atoms with Gasteiger partial charge in [0, 0.05) is 12.1 Å². The minimum Gasteiger partial charge on any atom is -0.484 e. The van der Waals surface area contributed by atoms with Gasteiger partial charge in [-0.15, -0.1) is 0 Å². The normalized spacial score (nSPS) is 11.1. The van der Waals surface area contributed by atoms with Gasteiger partial charge in [-0.3, -0.25) is 5.41 Å². The molecule has 100 valence electrons. The van der Waals surface area contributed by atoms with E-state index in [9.17, 15) is 13.2 Å². The Morgan fingerprint density at radius 3 is 2.39 bits per heavy atom. The van der Waals surface area contributed by atoms with E-state index in [0.29, 0.717) is 17.9 Å². The summed E-state index contributed by atoms with van der Waals surface area (Å²) in [6.07, 6.45) is -2.84. The van der Waals surface area contributed by atoms with Crippen LogP contribution in [0, 0.1) is 5.41 Å². The van der Waals surface area contributed by atoms with Crippen LogP contribution in [0.15, 0.2) is 24.3 Å². The van der Waals surface area contributed by atoms with E-state index in [4.69, 9.17) is 5.41 Å². The number of benzene rings is 1. The maximum Gasteiger partial charge on any atom is 0.422 e. The van der Waals surface area contributed by atoms with E-state index < -0.39 is 12.8 Å². The van der Waals surface area contributed by atoms with E-state index in [1.807, 2.05) is 6.92 Å². The number of anilines is 1. The molecule has 0 unspecified atom stereocenters. The molecule has 0 heterocycles. The summed E-state index contributed by atoms with van der Waals surface area (Å²) in [7, 11) is 0. The lowest BCUT2D eigenvalue weighted by Crippen LogP contribution is -2.19. The second-order valence-electron chi connectivity index (χ2n) is 3.78. The van der Waals surface area contributed by atoms with Gasteiger partial charge >= 0.3 is 6.18 Å². The van der Waals surface area contributed by atoms with Gasteiger partial charge in [0.25, 0.3) is 0 Å². The van der Waals surface area contributed by atoms with E-state index in [1.54, 1.807) is 12.1 Å². The van der Waals surface area contributed by atoms with Crippen LogP contribution in [0.1, 0.15) is 19.8 Å². The van der Waals surface area contributed by atoms with Crippen LogP contribution in [-0.4, -0.2) is 18.6 Å². The molecule has 0 atom stereocenters. The third kappa shape index (κ3) is 5.56. The lowest BCUT2D eigenvalue weighted by Gasteiger charge is -2.10. The summed E-state index contributed by atoms with van der Waals surface area (Å²) < 4.78 is 40.3. The van der Waals surface area contributed by atoms with Gasteiger partial charge in [-0.2, -0.15) is 13.2 Å². The number of hydrogen-bond donors (Lipinski definition) is 2. The zero-order chi connectivity index (χ0) is 13.6. The van der Waals surface area contributed by atoms with Gasteiger partial charge in [0.2, 0.25) is 0 Å². The third-order valence-electron chi connectivity index (χ3n) is 2.05. The molecule has 0 saturated carbocycles. The molecule has 1 aromatic carbocycles. The second-order valence-corrected chi connectivity index (χ2v) is 3.78. The van der Waals surface area contributed by atoms with Gasteiger partial charge in [0.1, 0.15) is 5.75 Å². The molecule has 1 rings (SSSR count). The highest BCUT2D eigenvalue weighted by molar-refractivity contribution is 5.92. The molecule has 0 aliphatic carbocycles. The molecule has 18 heavy (non-hydrogen) atoms. The molecule has 0 saturated heterocycles. The predicted molar refractivity (Wildman–Crippen MR) is 64.2 cm³/mol. The first-order chi connectivity index (χ1) is 8.40. The number of hydrogen-bond acceptors (Lipinski definition) is 2. The molecule has 0 bridgehead atoms. The average molecular weight is 260 g/mol. The van der Waals surface area contributed by atoms with Gasteiger partial charge in [0.15, 0.2) is 6.61 Å². The van der Waals surface area contributed by atoms with E-state index in [2.05, 4.69) is 10.1 Å². The number of ether oxygens (including phenoxy) is 1. The Labute approximate surface area is 103 Å². The minimum atomic E-state index is -4.33. The van der Waals surface area contributed by atoms with Crippen LogP contribution in [0.5, 0.6) is 5.75 Å². The van der Waals surface area contributed by atoms with Crippen molar-refractivity contribution in [2.45, 2.75) is 25.9 Å². The largest absolute Gasteiger partial charge is 0.484 e. The topological polar surface area (TPSA) is 45.1 Å². The van der Waals surface area contributed by atoms with Crippen molar-refractivity contribution in [3.63, 3.8) is 0 Å². The number of halogens is 3. The van der Waals surface area contributed by atoms with Crippen molar-refractivity contribution in [3.05, 3.63) is 24.3 Å². The maximum absolute atomic E-state index is 11.9. The Morgan fingerprint density at radius 1 is 1.28 bits per heavy atom. The summed E-state index contributed by atoms with van der Waals surface area (Å²) in [5.41, 5.74) is 0.660. The van der Waals surface area contributed by atoms with Crippen molar-refractivity contribution in [2.24, 2.45) is 0 Å². The quantitative estimate of drug-likeness (QED) is 0.624. The Kier molecular flexibility index (Phi) is 5.00. The Hall–Kier alpha value is -1.72. The lowest BCUT2D eigenvalue weighted by atomic mass is 10.2. The monoisotopic (exact) mass is 260 g/mol. The van der Waals surface area contributed by atoms with Crippen molar-refractivity contribution in [1.82, 2.24) is 0 Å². The molecule has 0 radical (unpaired) electrons. The van der Waals surface area contributed by atoms with Crippen LogP contribution in [0.3, 0.4) is 0 Å². The van der Waals surface area contributed by atoms with E-state index in [-0.39, 0.29) is 5.75 Å². The first kappa shape index (κ1) is 14.3. The van der Waals surface area contributed by atoms with Gasteiger partial charge in [-0.05, 0) is 30.7 Å². The first-order valence-electron chi connectivity index (χ1n) is 5.55. The Balaban J connectivity index is 2.50. The van der Waals surface area contributed by atoms with Crippen molar-refractivity contribution in [1.29, 1.82) is 5.41 Å². The van der Waals surface area contributed by atoms with Crippen LogP contribution in [0.2, 0.25) is 0 Å². The summed E-state index contributed by atoms with van der Waals surface area (Å²) >= 11 is 0. The van der Waals surface area contributed by atoms with Crippen molar-refractivity contribution in [3.8, 4) is 5.75 Å². The highest BCUT2D eigenvalue weighted by Crippen LogP contribution is 2.20. The average Bonchev–Trinajstić information content (AvgIpc) is 2.27. The highest BCUT2D eigenvalue weighted by Gasteiger charge is 2.28. The minimum absolute atomic E-state index is 0.153. The first-order valence-corrected chi connectivity index (χ1v) is 5.55. The van der Waals surface area contributed by atoms with Crippen LogP contribution in [0.4, 0.5) is 18.9 Å². The molecule has 0 spiro atoms. The molecule has 6 heteroatoms. The summed E-state index contributed by atoms with van der Waals surface area (Å²) in [6, 6.07) is 6.03.